The molecule has 3 N–H and O–H groups in total. The van der Waals surface area contributed by atoms with Crippen LogP contribution in [0.4, 0.5) is 10.1 Å². The van der Waals surface area contributed by atoms with E-state index in [0.717, 1.165) is 6.26 Å². The summed E-state index contributed by atoms with van der Waals surface area (Å²) in [5.74, 6) is -0.00626. The van der Waals surface area contributed by atoms with Crippen LogP contribution in [0.25, 0.3) is 5.57 Å². The minimum absolute atomic E-state index is 0.0307. The van der Waals surface area contributed by atoms with Gasteiger partial charge in [0.1, 0.15) is 11.7 Å². The van der Waals surface area contributed by atoms with Crippen molar-refractivity contribution in [3.8, 4) is 0 Å². The van der Waals surface area contributed by atoms with Crippen molar-refractivity contribution in [1.29, 1.82) is 5.41 Å². The summed E-state index contributed by atoms with van der Waals surface area (Å²) in [6.45, 7) is 5.92. The number of ether oxygens (including phenoxy) is 1. The van der Waals surface area contributed by atoms with Gasteiger partial charge >= 0.3 is 0 Å². The van der Waals surface area contributed by atoms with Gasteiger partial charge in [-0.15, -0.1) is 0 Å². The highest BCUT2D eigenvalue weighted by molar-refractivity contribution is 7.90. The zero-order chi connectivity index (χ0) is 23.3. The summed E-state index contributed by atoms with van der Waals surface area (Å²) in [6, 6.07) is 5.63. The van der Waals surface area contributed by atoms with Crippen LogP contribution < -0.4 is 10.6 Å². The molecule has 3 rings (SSSR count). The molecule has 32 heavy (non-hydrogen) atoms. The minimum atomic E-state index is -3.48. The second-order valence-electron chi connectivity index (χ2n) is 7.06. The van der Waals surface area contributed by atoms with E-state index in [-0.39, 0.29) is 15.8 Å². The Morgan fingerprint density at radius 3 is 2.69 bits per heavy atom. The number of anilines is 1. The van der Waals surface area contributed by atoms with Crippen LogP contribution in [-0.4, -0.2) is 56.7 Å². The number of rotatable bonds is 7. The van der Waals surface area contributed by atoms with Crippen LogP contribution in [0.15, 0.2) is 60.2 Å². The van der Waals surface area contributed by atoms with E-state index < -0.39 is 15.7 Å². The molecule has 0 radical (unpaired) electrons. The van der Waals surface area contributed by atoms with Gasteiger partial charge in [0.25, 0.3) is 0 Å². The predicted molar refractivity (Wildman–Crippen MR) is 123 cm³/mol. The quantitative estimate of drug-likeness (QED) is 0.413. The first kappa shape index (κ1) is 23.7. The van der Waals surface area contributed by atoms with Crippen molar-refractivity contribution in [3.63, 3.8) is 0 Å². The molecule has 170 valence electrons. The molecule has 2 aromatic rings. The number of morpholine rings is 1. The van der Waals surface area contributed by atoms with Gasteiger partial charge < -0.3 is 20.3 Å². The minimum Gasteiger partial charge on any atom is -0.378 e. The molecule has 1 aromatic carbocycles. The molecule has 0 unspecified atom stereocenters. The molecule has 0 atom stereocenters. The van der Waals surface area contributed by atoms with Crippen LogP contribution in [0, 0.1) is 11.2 Å². The molecule has 8 nitrogen and oxygen atoms in total. The van der Waals surface area contributed by atoms with Crippen LogP contribution in [-0.2, 0) is 14.6 Å². The first-order valence-corrected chi connectivity index (χ1v) is 11.9. The molecule has 1 saturated heterocycles. The average Bonchev–Trinajstić information content (AvgIpc) is 2.76. The molecule has 2 heterocycles. The number of hydrogen-bond acceptors (Lipinski definition) is 7. The van der Waals surface area contributed by atoms with Crippen molar-refractivity contribution >= 4 is 38.5 Å². The van der Waals surface area contributed by atoms with E-state index in [1.807, 2.05) is 4.90 Å². The standard InChI is InChI=1S/C21H23ClFN5O3S/c1-14(27-16-3-4-20(23)19(22)10-16)26-13-18(21(24)28-5-7-31-8-6-28)15-9-17(12-25-11-15)32(2,29)30/h3-4,9-13,24,26-27H,1,5-8H2,2H3. The molecule has 1 aromatic heterocycles. The van der Waals surface area contributed by atoms with E-state index in [2.05, 4.69) is 22.2 Å². The number of halogens is 2. The van der Waals surface area contributed by atoms with Gasteiger partial charge in [0.2, 0.25) is 0 Å². The summed E-state index contributed by atoms with van der Waals surface area (Å²) in [5, 5.41) is 14.6. The molecule has 1 fully saturated rings. The molecule has 0 aliphatic carbocycles. The maximum atomic E-state index is 13.4. The normalized spacial score (nSPS) is 14.7. The summed E-state index contributed by atoms with van der Waals surface area (Å²) >= 11 is 5.81. The Balaban J connectivity index is 1.87. The first-order chi connectivity index (χ1) is 15.1. The largest absolute Gasteiger partial charge is 0.378 e. The third-order valence-electron chi connectivity index (χ3n) is 4.64. The number of sulfone groups is 1. The number of amidine groups is 1. The van der Waals surface area contributed by atoms with E-state index >= 15 is 0 Å². The Morgan fingerprint density at radius 1 is 1.31 bits per heavy atom. The van der Waals surface area contributed by atoms with E-state index in [1.54, 1.807) is 6.20 Å². The van der Waals surface area contributed by atoms with Crippen molar-refractivity contribution in [2.24, 2.45) is 0 Å². The van der Waals surface area contributed by atoms with Crippen LogP contribution in [0.3, 0.4) is 0 Å². The summed E-state index contributed by atoms with van der Waals surface area (Å²) in [6.07, 6.45) is 5.40. The van der Waals surface area contributed by atoms with Crippen molar-refractivity contribution in [3.05, 3.63) is 71.7 Å². The number of aromatic nitrogens is 1. The third-order valence-corrected chi connectivity index (χ3v) is 6.01. The highest BCUT2D eigenvalue weighted by Crippen LogP contribution is 2.22. The lowest BCUT2D eigenvalue weighted by molar-refractivity contribution is 0.0683. The summed E-state index contributed by atoms with van der Waals surface area (Å²) in [7, 11) is -3.48. The third kappa shape index (κ3) is 6.06. The highest BCUT2D eigenvalue weighted by atomic mass is 35.5. The summed E-state index contributed by atoms with van der Waals surface area (Å²) in [4.78, 5) is 5.92. The van der Waals surface area contributed by atoms with E-state index in [4.69, 9.17) is 21.7 Å². The van der Waals surface area contributed by atoms with Crippen molar-refractivity contribution in [2.45, 2.75) is 4.90 Å². The second-order valence-corrected chi connectivity index (χ2v) is 9.49. The number of nitrogens with zero attached hydrogens (tertiary/aromatic N) is 2. The Labute approximate surface area is 191 Å². The maximum absolute atomic E-state index is 13.4. The van der Waals surface area contributed by atoms with Crippen molar-refractivity contribution < 1.29 is 17.5 Å². The number of pyridine rings is 1. The molecule has 1 aliphatic heterocycles. The number of hydrogen-bond donors (Lipinski definition) is 3. The van der Waals surface area contributed by atoms with Crippen molar-refractivity contribution in [2.75, 3.05) is 37.9 Å². The van der Waals surface area contributed by atoms with Gasteiger partial charge in [0.05, 0.1) is 29.0 Å². The molecule has 1 aliphatic rings. The van der Waals surface area contributed by atoms with Gasteiger partial charge in [-0.2, -0.15) is 0 Å². The predicted octanol–water partition coefficient (Wildman–Crippen LogP) is 3.10. The molecular formula is C21H23ClFN5O3S. The second kappa shape index (κ2) is 10.1. The smallest absolute Gasteiger partial charge is 0.177 e. The topological polar surface area (TPSA) is 107 Å². The monoisotopic (exact) mass is 479 g/mol. The average molecular weight is 480 g/mol. The van der Waals surface area contributed by atoms with Gasteiger partial charge in [-0.25, -0.2) is 12.8 Å². The Morgan fingerprint density at radius 2 is 2.03 bits per heavy atom. The Kier molecular flexibility index (Phi) is 7.49. The lowest BCUT2D eigenvalue weighted by Crippen LogP contribution is -2.41. The zero-order valence-electron chi connectivity index (χ0n) is 17.4. The Bertz CT molecular complexity index is 1160. The summed E-state index contributed by atoms with van der Waals surface area (Å²) in [5.41, 5.74) is 1.40. The van der Waals surface area contributed by atoms with Crippen LogP contribution in [0.1, 0.15) is 5.56 Å². The maximum Gasteiger partial charge on any atom is 0.177 e. The molecule has 0 saturated carbocycles. The van der Waals surface area contributed by atoms with E-state index in [9.17, 15) is 12.8 Å². The SMILES string of the molecule is C=C(NC=C(C(=N)N1CCOCC1)c1cncc(S(C)(=O)=O)c1)Nc1ccc(F)c(Cl)c1. The number of nitrogens with one attached hydrogen (secondary N) is 3. The lowest BCUT2D eigenvalue weighted by Gasteiger charge is -2.30. The van der Waals surface area contributed by atoms with Crippen LogP contribution >= 0.6 is 11.6 Å². The highest BCUT2D eigenvalue weighted by Gasteiger charge is 2.20. The van der Waals surface area contributed by atoms with E-state index in [0.29, 0.717) is 48.9 Å². The van der Waals surface area contributed by atoms with Gasteiger partial charge in [-0.1, -0.05) is 18.2 Å². The fourth-order valence-electron chi connectivity index (χ4n) is 2.96. The lowest BCUT2D eigenvalue weighted by atomic mass is 10.1. The molecule has 0 amide bonds. The number of benzene rings is 1. The fourth-order valence-corrected chi connectivity index (χ4v) is 3.73. The van der Waals surface area contributed by atoms with Crippen LogP contribution in [0.2, 0.25) is 5.02 Å². The van der Waals surface area contributed by atoms with Gasteiger partial charge in [-0.3, -0.25) is 10.4 Å². The van der Waals surface area contributed by atoms with Crippen LogP contribution in [0.5, 0.6) is 0 Å². The fraction of sp³-hybridized carbons (Fsp3) is 0.238. The molecule has 0 bridgehead atoms. The van der Waals surface area contributed by atoms with E-state index in [1.165, 1.54) is 36.7 Å². The first-order valence-electron chi connectivity index (χ1n) is 9.60. The van der Waals surface area contributed by atoms with Gasteiger partial charge in [0.15, 0.2) is 9.84 Å². The Hall–Kier alpha value is -2.95. The van der Waals surface area contributed by atoms with Gasteiger partial charge in [0, 0.05) is 54.8 Å². The zero-order valence-corrected chi connectivity index (χ0v) is 18.9. The molecule has 0 spiro atoms. The summed E-state index contributed by atoms with van der Waals surface area (Å²) < 4.78 is 42.7. The van der Waals surface area contributed by atoms with Gasteiger partial charge in [-0.05, 0) is 24.3 Å². The molecule has 11 heteroatoms. The van der Waals surface area contributed by atoms with Crippen molar-refractivity contribution in [1.82, 2.24) is 15.2 Å². The molecular weight excluding hydrogens is 457 g/mol.